The Hall–Kier alpha value is -1.66. The quantitative estimate of drug-likeness (QED) is 0.849. The molecule has 0 radical (unpaired) electrons. The molecule has 2 saturated heterocycles. The molecule has 2 aliphatic rings. The molecule has 126 valence electrons. The summed E-state index contributed by atoms with van der Waals surface area (Å²) in [6.45, 7) is 3.73. The minimum absolute atomic E-state index is 0.0327. The first-order chi connectivity index (χ1) is 11.1. The number of nitrogens with zero attached hydrogens (tertiary/aromatic N) is 2. The number of primary amides is 1. The zero-order valence-electron chi connectivity index (χ0n) is 13.5. The zero-order chi connectivity index (χ0) is 16.2. The fourth-order valence-corrected chi connectivity index (χ4v) is 3.70. The van der Waals surface area contributed by atoms with E-state index in [2.05, 4.69) is 9.88 Å². The van der Waals surface area contributed by atoms with Gasteiger partial charge < -0.3 is 16.2 Å². The number of hydrogen-bond acceptors (Lipinski definition) is 5. The lowest BCUT2D eigenvalue weighted by Crippen LogP contribution is -2.36. The summed E-state index contributed by atoms with van der Waals surface area (Å²) >= 11 is 0. The standard InChI is InChI=1S/C17H26N4O2/c18-16-2-1-13(10-20-16)11-21-6-3-12(4-7-21)9-15-14(17(19)22)5-8-23-15/h1-2,10,12,14-15H,3-9,11H2,(H2,18,20)(H2,19,22)/t14-,15-/m1/s1. The number of anilines is 1. The summed E-state index contributed by atoms with van der Waals surface area (Å²) in [7, 11) is 0. The molecule has 2 aliphatic heterocycles. The van der Waals surface area contributed by atoms with Crippen molar-refractivity contribution in [3.8, 4) is 0 Å². The number of likely N-dealkylation sites (tertiary alicyclic amines) is 1. The Morgan fingerprint density at radius 2 is 2.09 bits per heavy atom. The Kier molecular flexibility index (Phi) is 5.13. The van der Waals surface area contributed by atoms with Crippen molar-refractivity contribution < 1.29 is 9.53 Å². The molecule has 0 aliphatic carbocycles. The molecule has 23 heavy (non-hydrogen) atoms. The molecule has 1 aromatic rings. The number of nitrogens with two attached hydrogens (primary N) is 2. The molecule has 0 spiro atoms. The van der Waals surface area contributed by atoms with Crippen LogP contribution in [0.3, 0.4) is 0 Å². The van der Waals surface area contributed by atoms with Crippen molar-refractivity contribution >= 4 is 11.7 Å². The van der Waals surface area contributed by atoms with E-state index in [1.165, 1.54) is 5.56 Å². The van der Waals surface area contributed by atoms with Gasteiger partial charge in [0.1, 0.15) is 5.82 Å². The van der Waals surface area contributed by atoms with Crippen LogP contribution in [-0.2, 0) is 16.1 Å². The van der Waals surface area contributed by atoms with Crippen molar-refractivity contribution in [3.05, 3.63) is 23.9 Å². The van der Waals surface area contributed by atoms with Gasteiger partial charge in [-0.3, -0.25) is 9.69 Å². The van der Waals surface area contributed by atoms with Crippen LogP contribution in [0.2, 0.25) is 0 Å². The molecule has 1 aromatic heterocycles. The van der Waals surface area contributed by atoms with Crippen LogP contribution in [0.4, 0.5) is 5.82 Å². The van der Waals surface area contributed by atoms with Gasteiger partial charge in [0, 0.05) is 19.3 Å². The topological polar surface area (TPSA) is 94.5 Å². The van der Waals surface area contributed by atoms with Crippen molar-refractivity contribution in [3.63, 3.8) is 0 Å². The number of piperidine rings is 1. The van der Waals surface area contributed by atoms with E-state index >= 15 is 0 Å². The van der Waals surface area contributed by atoms with E-state index in [0.717, 1.165) is 45.3 Å². The van der Waals surface area contributed by atoms with Crippen LogP contribution in [0.1, 0.15) is 31.2 Å². The average molecular weight is 318 g/mol. The monoisotopic (exact) mass is 318 g/mol. The second-order valence-corrected chi connectivity index (χ2v) is 6.75. The highest BCUT2D eigenvalue weighted by atomic mass is 16.5. The van der Waals surface area contributed by atoms with Crippen molar-refractivity contribution in [2.24, 2.45) is 17.6 Å². The van der Waals surface area contributed by atoms with E-state index in [-0.39, 0.29) is 17.9 Å². The molecule has 2 atom stereocenters. The zero-order valence-corrected chi connectivity index (χ0v) is 13.5. The van der Waals surface area contributed by atoms with Crippen LogP contribution in [0.15, 0.2) is 18.3 Å². The average Bonchev–Trinajstić information content (AvgIpc) is 3.00. The van der Waals surface area contributed by atoms with E-state index in [0.29, 0.717) is 18.3 Å². The van der Waals surface area contributed by atoms with E-state index < -0.39 is 0 Å². The van der Waals surface area contributed by atoms with Crippen LogP contribution in [-0.4, -0.2) is 41.6 Å². The molecule has 3 rings (SSSR count). The second kappa shape index (κ2) is 7.27. The molecule has 0 bridgehead atoms. The number of amides is 1. The van der Waals surface area contributed by atoms with Crippen LogP contribution < -0.4 is 11.5 Å². The smallest absolute Gasteiger partial charge is 0.223 e. The Balaban J connectivity index is 1.45. The van der Waals surface area contributed by atoms with Crippen molar-refractivity contribution in [1.82, 2.24) is 9.88 Å². The maximum atomic E-state index is 11.5. The van der Waals surface area contributed by atoms with Crippen molar-refractivity contribution in [1.29, 1.82) is 0 Å². The fourth-order valence-electron chi connectivity index (χ4n) is 3.70. The van der Waals surface area contributed by atoms with Gasteiger partial charge in [-0.1, -0.05) is 6.07 Å². The lowest BCUT2D eigenvalue weighted by molar-refractivity contribution is -0.123. The lowest BCUT2D eigenvalue weighted by Gasteiger charge is -2.33. The molecule has 0 aromatic carbocycles. The first-order valence-electron chi connectivity index (χ1n) is 8.45. The largest absolute Gasteiger partial charge is 0.384 e. The summed E-state index contributed by atoms with van der Waals surface area (Å²) in [5.41, 5.74) is 12.3. The van der Waals surface area contributed by atoms with Crippen LogP contribution in [0.5, 0.6) is 0 Å². The molecule has 6 heteroatoms. The Bertz CT molecular complexity index is 526. The molecule has 0 saturated carbocycles. The first-order valence-corrected chi connectivity index (χ1v) is 8.45. The van der Waals surface area contributed by atoms with Crippen molar-refractivity contribution in [2.45, 2.75) is 38.3 Å². The van der Waals surface area contributed by atoms with E-state index in [4.69, 9.17) is 16.2 Å². The Labute approximate surface area is 137 Å². The number of rotatable bonds is 5. The molecule has 4 N–H and O–H groups in total. The summed E-state index contributed by atoms with van der Waals surface area (Å²) in [5, 5.41) is 0. The molecule has 3 heterocycles. The van der Waals surface area contributed by atoms with Gasteiger partial charge in [-0.15, -0.1) is 0 Å². The summed E-state index contributed by atoms with van der Waals surface area (Å²) < 4.78 is 5.73. The molecule has 0 unspecified atom stereocenters. The lowest BCUT2D eigenvalue weighted by atomic mass is 9.86. The van der Waals surface area contributed by atoms with Crippen LogP contribution in [0, 0.1) is 11.8 Å². The van der Waals surface area contributed by atoms with E-state index in [9.17, 15) is 4.79 Å². The minimum atomic E-state index is -0.208. The van der Waals surface area contributed by atoms with Gasteiger partial charge in [-0.2, -0.15) is 0 Å². The molecular weight excluding hydrogens is 292 g/mol. The number of nitrogen functional groups attached to an aromatic ring is 1. The number of hydrogen-bond donors (Lipinski definition) is 2. The van der Waals surface area contributed by atoms with Gasteiger partial charge in [-0.25, -0.2) is 4.98 Å². The minimum Gasteiger partial charge on any atom is -0.384 e. The van der Waals surface area contributed by atoms with Gasteiger partial charge in [0.25, 0.3) is 0 Å². The highest BCUT2D eigenvalue weighted by Gasteiger charge is 2.34. The van der Waals surface area contributed by atoms with E-state index in [1.54, 1.807) is 0 Å². The molecule has 6 nitrogen and oxygen atoms in total. The third kappa shape index (κ3) is 4.20. The Morgan fingerprint density at radius 1 is 1.30 bits per heavy atom. The third-order valence-corrected chi connectivity index (χ3v) is 5.10. The molecule has 2 fully saturated rings. The van der Waals surface area contributed by atoms with Crippen molar-refractivity contribution in [2.75, 3.05) is 25.4 Å². The number of carbonyl (C=O) groups is 1. The maximum Gasteiger partial charge on any atom is 0.223 e. The normalized spacial score (nSPS) is 26.4. The summed E-state index contributed by atoms with van der Waals surface area (Å²) in [6.07, 6.45) is 5.92. The highest BCUT2D eigenvalue weighted by Crippen LogP contribution is 2.30. The Morgan fingerprint density at radius 3 is 2.74 bits per heavy atom. The number of carbonyl (C=O) groups excluding carboxylic acids is 1. The van der Waals surface area contributed by atoms with Gasteiger partial charge in [0.15, 0.2) is 0 Å². The molecule has 1 amide bonds. The van der Waals surface area contributed by atoms with Gasteiger partial charge >= 0.3 is 0 Å². The third-order valence-electron chi connectivity index (χ3n) is 5.10. The van der Waals surface area contributed by atoms with Gasteiger partial charge in [0.2, 0.25) is 5.91 Å². The molecular formula is C17H26N4O2. The van der Waals surface area contributed by atoms with Gasteiger partial charge in [-0.05, 0) is 56.3 Å². The van der Waals surface area contributed by atoms with Gasteiger partial charge in [0.05, 0.1) is 12.0 Å². The first kappa shape index (κ1) is 16.2. The van der Waals surface area contributed by atoms with Crippen LogP contribution in [0.25, 0.3) is 0 Å². The predicted molar refractivity (Wildman–Crippen MR) is 88.3 cm³/mol. The number of ether oxygens (including phenoxy) is 1. The summed E-state index contributed by atoms with van der Waals surface area (Å²) in [6, 6.07) is 3.89. The number of pyridine rings is 1. The second-order valence-electron chi connectivity index (χ2n) is 6.75. The fraction of sp³-hybridized carbons (Fsp3) is 0.647. The highest BCUT2D eigenvalue weighted by molar-refractivity contribution is 5.77. The van der Waals surface area contributed by atoms with E-state index in [1.807, 2.05) is 18.3 Å². The SMILES string of the molecule is NC(=O)[C@@H]1CCO[C@@H]1CC1CCN(Cc2ccc(N)nc2)CC1. The number of aromatic nitrogens is 1. The van der Waals surface area contributed by atoms with Crippen LogP contribution >= 0.6 is 0 Å². The summed E-state index contributed by atoms with van der Waals surface area (Å²) in [5.74, 6) is 0.892. The summed E-state index contributed by atoms with van der Waals surface area (Å²) in [4.78, 5) is 18.0. The maximum absolute atomic E-state index is 11.5. The predicted octanol–water partition coefficient (Wildman–Crippen LogP) is 1.16.